The molecule has 7 heteroatoms. The first-order valence-electron chi connectivity index (χ1n) is 5.55. The lowest BCUT2D eigenvalue weighted by atomic mass is 10.4. The number of nitrogens with zero attached hydrogens (tertiary/aromatic N) is 1. The fourth-order valence-corrected chi connectivity index (χ4v) is 2.25. The van der Waals surface area contributed by atoms with Crippen molar-refractivity contribution in [2.24, 2.45) is 0 Å². The molecule has 0 N–H and O–H groups in total. The second-order valence-corrected chi connectivity index (χ2v) is 4.30. The first-order valence-corrected chi connectivity index (χ1v) is 6.54. The van der Waals surface area contributed by atoms with Crippen molar-refractivity contribution in [1.82, 2.24) is 4.90 Å². The molecule has 1 aliphatic rings. The van der Waals surface area contributed by atoms with Gasteiger partial charge in [-0.15, -0.1) is 0 Å². The molecular formula is C11H15NO5S. The smallest absolute Gasteiger partial charge is 0.333 e. The molecule has 100 valence electrons. The number of rotatable bonds is 5. The van der Waals surface area contributed by atoms with Crippen LogP contribution in [-0.2, 0) is 23.9 Å². The Hall–Kier alpha value is -1.50. The zero-order valence-electron chi connectivity index (χ0n) is 10.3. The minimum absolute atomic E-state index is 0.176. The van der Waals surface area contributed by atoms with Gasteiger partial charge in [-0.2, -0.15) is 0 Å². The second-order valence-electron chi connectivity index (χ2n) is 3.31. The summed E-state index contributed by atoms with van der Waals surface area (Å²) in [6, 6.07) is 0. The molecule has 0 aromatic rings. The monoisotopic (exact) mass is 273 g/mol. The maximum absolute atomic E-state index is 11.6. The molecule has 0 spiro atoms. The molecule has 0 saturated carbocycles. The topological polar surface area (TPSA) is 72.9 Å². The predicted octanol–water partition coefficient (Wildman–Crippen LogP) is 0.529. The SMILES string of the molecule is CCOC(=O)/C=C1\SCC(=O)N1CC(=O)OCC. The second kappa shape index (κ2) is 7.05. The average molecular weight is 273 g/mol. The number of carbonyl (C=O) groups is 3. The maximum atomic E-state index is 11.6. The number of carbonyl (C=O) groups excluding carboxylic acids is 3. The summed E-state index contributed by atoms with van der Waals surface area (Å²) in [4.78, 5) is 35.4. The molecule has 1 aliphatic heterocycles. The zero-order chi connectivity index (χ0) is 13.5. The molecule has 1 fully saturated rings. The molecule has 0 radical (unpaired) electrons. The minimum Gasteiger partial charge on any atom is -0.465 e. The van der Waals surface area contributed by atoms with Gasteiger partial charge in [-0.3, -0.25) is 14.5 Å². The molecular weight excluding hydrogens is 258 g/mol. The van der Waals surface area contributed by atoms with Crippen molar-refractivity contribution in [2.45, 2.75) is 13.8 Å². The molecule has 6 nitrogen and oxygen atoms in total. The standard InChI is InChI=1S/C11H15NO5S/c1-3-16-10(14)5-9-12(8(13)7-18-9)6-11(15)17-4-2/h5H,3-4,6-7H2,1-2H3/b9-5-. The van der Waals surface area contributed by atoms with Gasteiger partial charge < -0.3 is 9.47 Å². The van der Waals surface area contributed by atoms with Gasteiger partial charge in [0, 0.05) is 0 Å². The zero-order valence-corrected chi connectivity index (χ0v) is 11.1. The van der Waals surface area contributed by atoms with Crippen LogP contribution in [0.3, 0.4) is 0 Å². The number of amides is 1. The van der Waals surface area contributed by atoms with Crippen molar-refractivity contribution in [1.29, 1.82) is 0 Å². The van der Waals surface area contributed by atoms with Gasteiger partial charge in [-0.25, -0.2) is 4.79 Å². The molecule has 0 atom stereocenters. The van der Waals surface area contributed by atoms with E-state index in [1.165, 1.54) is 22.7 Å². The van der Waals surface area contributed by atoms with Crippen molar-refractivity contribution in [3.63, 3.8) is 0 Å². The Kier molecular flexibility index (Phi) is 5.70. The third-order valence-electron chi connectivity index (χ3n) is 2.03. The minimum atomic E-state index is -0.524. The number of hydrogen-bond donors (Lipinski definition) is 0. The van der Waals surface area contributed by atoms with E-state index in [0.29, 0.717) is 5.03 Å². The number of thioether (sulfide) groups is 1. The van der Waals surface area contributed by atoms with E-state index in [2.05, 4.69) is 0 Å². The van der Waals surface area contributed by atoms with Crippen LogP contribution in [0.25, 0.3) is 0 Å². The Morgan fingerprint density at radius 1 is 1.33 bits per heavy atom. The average Bonchev–Trinajstić information content (AvgIpc) is 2.62. The van der Waals surface area contributed by atoms with Gasteiger partial charge >= 0.3 is 11.9 Å². The molecule has 0 unspecified atom stereocenters. The maximum Gasteiger partial charge on any atom is 0.333 e. The summed E-state index contributed by atoms with van der Waals surface area (Å²) in [6.45, 7) is 3.72. The summed E-state index contributed by atoms with van der Waals surface area (Å²) in [7, 11) is 0. The van der Waals surface area contributed by atoms with Crippen LogP contribution < -0.4 is 0 Å². The van der Waals surface area contributed by atoms with Crippen LogP contribution in [0.15, 0.2) is 11.1 Å². The fraction of sp³-hybridized carbons (Fsp3) is 0.545. The number of esters is 2. The van der Waals surface area contributed by atoms with Crippen LogP contribution >= 0.6 is 11.8 Å². The Morgan fingerprint density at radius 2 is 2.00 bits per heavy atom. The van der Waals surface area contributed by atoms with E-state index in [0.717, 1.165) is 0 Å². The Bertz CT molecular complexity index is 380. The molecule has 1 saturated heterocycles. The lowest BCUT2D eigenvalue weighted by Gasteiger charge is -2.15. The van der Waals surface area contributed by atoms with Crippen LogP contribution in [0, 0.1) is 0 Å². The van der Waals surface area contributed by atoms with Gasteiger partial charge in [0.15, 0.2) is 0 Å². The highest BCUT2D eigenvalue weighted by Gasteiger charge is 2.29. The van der Waals surface area contributed by atoms with Crippen LogP contribution in [0.4, 0.5) is 0 Å². The summed E-state index contributed by atoms with van der Waals surface area (Å²) < 4.78 is 9.52. The Labute approximate surface area is 109 Å². The van der Waals surface area contributed by atoms with Crippen molar-refractivity contribution in [2.75, 3.05) is 25.5 Å². The van der Waals surface area contributed by atoms with Gasteiger partial charge in [0.05, 0.1) is 30.1 Å². The largest absolute Gasteiger partial charge is 0.465 e. The first-order chi connectivity index (χ1) is 8.58. The third kappa shape index (κ3) is 4.06. The van der Waals surface area contributed by atoms with Gasteiger partial charge in [0.1, 0.15) is 6.54 Å². The van der Waals surface area contributed by atoms with Gasteiger partial charge in [-0.05, 0) is 13.8 Å². The van der Waals surface area contributed by atoms with Crippen LogP contribution in [-0.4, -0.2) is 48.3 Å². The number of ether oxygens (including phenoxy) is 2. The lowest BCUT2D eigenvalue weighted by molar-refractivity contribution is -0.146. The van der Waals surface area contributed by atoms with Crippen LogP contribution in [0.5, 0.6) is 0 Å². The van der Waals surface area contributed by atoms with Gasteiger partial charge in [0.25, 0.3) is 0 Å². The van der Waals surface area contributed by atoms with Crippen LogP contribution in [0.1, 0.15) is 13.8 Å². The van der Waals surface area contributed by atoms with Crippen molar-refractivity contribution >= 4 is 29.6 Å². The van der Waals surface area contributed by atoms with E-state index in [1.54, 1.807) is 13.8 Å². The Balaban J connectivity index is 2.70. The molecule has 0 aromatic heterocycles. The third-order valence-corrected chi connectivity index (χ3v) is 3.06. The Morgan fingerprint density at radius 3 is 2.61 bits per heavy atom. The molecule has 1 rings (SSSR count). The molecule has 1 amide bonds. The van der Waals surface area contributed by atoms with E-state index in [-0.39, 0.29) is 31.4 Å². The van der Waals surface area contributed by atoms with E-state index in [4.69, 9.17) is 9.47 Å². The number of hydrogen-bond acceptors (Lipinski definition) is 6. The highest BCUT2D eigenvalue weighted by molar-refractivity contribution is 8.04. The summed E-state index contributed by atoms with van der Waals surface area (Å²) in [5.74, 6) is -1.03. The van der Waals surface area contributed by atoms with Crippen molar-refractivity contribution in [3.05, 3.63) is 11.1 Å². The molecule has 18 heavy (non-hydrogen) atoms. The lowest BCUT2D eigenvalue weighted by Crippen LogP contribution is -2.31. The van der Waals surface area contributed by atoms with E-state index in [9.17, 15) is 14.4 Å². The summed E-state index contributed by atoms with van der Waals surface area (Å²) in [5, 5.41) is 0.423. The fourth-order valence-electron chi connectivity index (χ4n) is 1.32. The summed E-state index contributed by atoms with van der Waals surface area (Å²) >= 11 is 1.20. The first kappa shape index (κ1) is 14.6. The quantitative estimate of drug-likeness (QED) is 0.537. The van der Waals surface area contributed by atoms with Crippen LogP contribution in [0.2, 0.25) is 0 Å². The molecule has 0 bridgehead atoms. The van der Waals surface area contributed by atoms with Gasteiger partial charge in [-0.1, -0.05) is 11.8 Å². The molecule has 1 heterocycles. The van der Waals surface area contributed by atoms with E-state index in [1.807, 2.05) is 0 Å². The van der Waals surface area contributed by atoms with E-state index < -0.39 is 11.9 Å². The summed E-state index contributed by atoms with van der Waals surface area (Å²) in [6.07, 6.45) is 1.22. The van der Waals surface area contributed by atoms with Crippen molar-refractivity contribution < 1.29 is 23.9 Å². The highest BCUT2D eigenvalue weighted by atomic mass is 32.2. The van der Waals surface area contributed by atoms with E-state index >= 15 is 0 Å². The summed E-state index contributed by atoms with van der Waals surface area (Å²) in [5.41, 5.74) is 0. The molecule has 0 aromatic carbocycles. The van der Waals surface area contributed by atoms with Gasteiger partial charge in [0.2, 0.25) is 5.91 Å². The normalized spacial score (nSPS) is 17.1. The highest BCUT2D eigenvalue weighted by Crippen LogP contribution is 2.28. The van der Waals surface area contributed by atoms with Crippen molar-refractivity contribution in [3.8, 4) is 0 Å². The molecule has 0 aliphatic carbocycles. The predicted molar refractivity (Wildman–Crippen MR) is 65.5 cm³/mol.